The van der Waals surface area contributed by atoms with Gasteiger partial charge in [-0.15, -0.1) is 0 Å². The third-order valence-electron chi connectivity index (χ3n) is 6.86. The van der Waals surface area contributed by atoms with Crippen molar-refractivity contribution in [2.45, 2.75) is 18.6 Å². The Morgan fingerprint density at radius 1 is 0.846 bits per heavy atom. The van der Waals surface area contributed by atoms with Gasteiger partial charge in [-0.05, 0) is 29.8 Å². The smallest absolute Gasteiger partial charge is 0.311 e. The van der Waals surface area contributed by atoms with Crippen molar-refractivity contribution in [3.05, 3.63) is 93.5 Å². The van der Waals surface area contributed by atoms with Crippen molar-refractivity contribution in [1.82, 2.24) is 0 Å². The number of carboxylic acids is 1. The van der Waals surface area contributed by atoms with E-state index in [0.29, 0.717) is 0 Å². The van der Waals surface area contributed by atoms with E-state index in [-0.39, 0.29) is 38.1 Å². The number of carboxylic acid groups (broad SMARTS) is 1. The van der Waals surface area contributed by atoms with E-state index in [2.05, 4.69) is 10.6 Å². The van der Waals surface area contributed by atoms with Gasteiger partial charge in [-0.3, -0.25) is 24.0 Å². The molecule has 3 N–H and O–H groups in total. The van der Waals surface area contributed by atoms with Crippen molar-refractivity contribution in [2.75, 3.05) is 10.6 Å². The SMILES string of the molecule is CC(=O)Nc1ccccc1NC(=O)[C@H]1[C@@H](C(=O)O)C2(O[C@H]1c1ccc(Cl)c(Cl)c1)C(=O)c1ccccc1C2=O. The molecule has 5 rings (SSSR count). The van der Waals surface area contributed by atoms with E-state index in [1.807, 2.05) is 0 Å². The Morgan fingerprint density at radius 3 is 1.95 bits per heavy atom. The van der Waals surface area contributed by atoms with E-state index in [0.717, 1.165) is 0 Å². The molecule has 39 heavy (non-hydrogen) atoms. The van der Waals surface area contributed by atoms with Crippen LogP contribution in [0.25, 0.3) is 0 Å². The predicted molar refractivity (Wildman–Crippen MR) is 142 cm³/mol. The number of benzene rings is 3. The van der Waals surface area contributed by atoms with Crippen LogP contribution < -0.4 is 10.6 Å². The van der Waals surface area contributed by atoms with Crippen LogP contribution in [0.4, 0.5) is 11.4 Å². The van der Waals surface area contributed by atoms with Gasteiger partial charge in [-0.1, -0.05) is 65.7 Å². The molecule has 3 aromatic carbocycles. The van der Waals surface area contributed by atoms with Gasteiger partial charge in [0.1, 0.15) is 5.92 Å². The normalized spacial score (nSPS) is 21.1. The summed E-state index contributed by atoms with van der Waals surface area (Å²) in [6, 6.07) is 16.6. The highest BCUT2D eigenvalue weighted by molar-refractivity contribution is 6.42. The molecule has 1 heterocycles. The minimum absolute atomic E-state index is 0.0127. The second kappa shape index (κ2) is 9.92. The van der Waals surface area contributed by atoms with Gasteiger partial charge in [0.25, 0.3) is 0 Å². The number of carbonyl (C=O) groups is 5. The largest absolute Gasteiger partial charge is 0.481 e. The van der Waals surface area contributed by atoms with E-state index in [1.54, 1.807) is 30.3 Å². The molecule has 2 aliphatic rings. The van der Waals surface area contributed by atoms with Gasteiger partial charge in [0.05, 0.1) is 33.4 Å². The molecule has 0 radical (unpaired) electrons. The molecule has 0 bridgehead atoms. The quantitative estimate of drug-likeness (QED) is 0.377. The number of rotatable bonds is 5. The lowest BCUT2D eigenvalue weighted by atomic mass is 9.75. The van der Waals surface area contributed by atoms with Crippen molar-refractivity contribution in [2.24, 2.45) is 11.8 Å². The highest BCUT2D eigenvalue weighted by Crippen LogP contribution is 2.54. The fraction of sp³-hybridized carbons (Fsp3) is 0.179. The van der Waals surface area contributed by atoms with E-state index < -0.39 is 52.9 Å². The maximum Gasteiger partial charge on any atom is 0.311 e. The molecule has 1 aliphatic heterocycles. The van der Waals surface area contributed by atoms with Crippen LogP contribution in [-0.4, -0.2) is 40.1 Å². The van der Waals surface area contributed by atoms with Crippen molar-refractivity contribution in [3.8, 4) is 0 Å². The molecule has 0 unspecified atom stereocenters. The van der Waals surface area contributed by atoms with Gasteiger partial charge in [0.2, 0.25) is 29.0 Å². The number of para-hydroxylation sites is 2. The minimum Gasteiger partial charge on any atom is -0.481 e. The van der Waals surface area contributed by atoms with Crippen molar-refractivity contribution in [1.29, 1.82) is 0 Å². The highest BCUT2D eigenvalue weighted by atomic mass is 35.5. The summed E-state index contributed by atoms with van der Waals surface area (Å²) in [6.45, 7) is 1.29. The van der Waals surface area contributed by atoms with Crippen LogP contribution in [-0.2, 0) is 19.1 Å². The topological polar surface area (TPSA) is 139 Å². The molecule has 198 valence electrons. The lowest BCUT2D eigenvalue weighted by Gasteiger charge is -2.25. The molecule has 3 aromatic rings. The maximum absolute atomic E-state index is 13.9. The van der Waals surface area contributed by atoms with Crippen LogP contribution >= 0.6 is 23.2 Å². The molecule has 1 spiro atoms. The lowest BCUT2D eigenvalue weighted by molar-refractivity contribution is -0.147. The van der Waals surface area contributed by atoms with Crippen LogP contribution in [0, 0.1) is 11.8 Å². The van der Waals surface area contributed by atoms with Gasteiger partial charge in [-0.25, -0.2) is 0 Å². The Morgan fingerprint density at radius 2 is 1.41 bits per heavy atom. The summed E-state index contributed by atoms with van der Waals surface area (Å²) in [4.78, 5) is 65.8. The lowest BCUT2D eigenvalue weighted by Crippen LogP contribution is -2.52. The summed E-state index contributed by atoms with van der Waals surface area (Å²) in [7, 11) is 0. The number of aliphatic carboxylic acids is 1. The molecular formula is C28H20Cl2N2O7. The van der Waals surface area contributed by atoms with Crippen LogP contribution in [0.1, 0.15) is 39.3 Å². The zero-order chi connectivity index (χ0) is 28.1. The Bertz CT molecular complexity index is 1540. The first kappa shape index (κ1) is 26.6. The summed E-state index contributed by atoms with van der Waals surface area (Å²) >= 11 is 12.3. The Kier molecular flexibility index (Phi) is 6.76. The molecule has 1 fully saturated rings. The molecule has 11 heteroatoms. The summed E-state index contributed by atoms with van der Waals surface area (Å²) in [5.41, 5.74) is -1.75. The predicted octanol–water partition coefficient (Wildman–Crippen LogP) is 4.80. The molecule has 3 atom stereocenters. The number of carbonyl (C=O) groups excluding carboxylic acids is 4. The molecule has 9 nitrogen and oxygen atoms in total. The molecule has 0 aromatic heterocycles. The average Bonchev–Trinajstić information content (AvgIpc) is 3.37. The number of ketones is 2. The number of nitrogens with one attached hydrogen (secondary N) is 2. The number of fused-ring (bicyclic) bond motifs is 1. The Balaban J connectivity index is 1.65. The summed E-state index contributed by atoms with van der Waals surface area (Å²) in [5, 5.41) is 16.0. The van der Waals surface area contributed by atoms with Crippen LogP contribution in [0.5, 0.6) is 0 Å². The maximum atomic E-state index is 13.9. The standard InChI is InChI=1S/C28H20Cl2N2O7/c1-13(33)31-19-8-4-5-9-20(19)32-26(36)21-22(27(37)38)28(24(34)15-6-2-3-7-16(15)25(28)35)39-23(21)14-10-11-17(29)18(30)12-14/h2-12,21-23H,1H3,(H,31,33)(H,32,36)(H,37,38)/t21-,22-,23-/m0/s1. The van der Waals surface area contributed by atoms with E-state index in [1.165, 1.54) is 43.3 Å². The monoisotopic (exact) mass is 566 g/mol. The highest BCUT2D eigenvalue weighted by Gasteiger charge is 2.71. The van der Waals surface area contributed by atoms with E-state index >= 15 is 0 Å². The van der Waals surface area contributed by atoms with Crippen molar-refractivity contribution < 1.29 is 33.8 Å². The Labute approximate surface area is 232 Å². The van der Waals surface area contributed by atoms with Crippen LogP contribution in [0.15, 0.2) is 66.7 Å². The molecular weight excluding hydrogens is 547 g/mol. The van der Waals surface area contributed by atoms with Crippen LogP contribution in [0.2, 0.25) is 10.0 Å². The second-order valence-electron chi connectivity index (χ2n) is 9.21. The summed E-state index contributed by atoms with van der Waals surface area (Å²) in [6.07, 6.45) is -1.36. The van der Waals surface area contributed by atoms with E-state index in [9.17, 15) is 29.1 Å². The zero-order valence-electron chi connectivity index (χ0n) is 20.2. The zero-order valence-corrected chi connectivity index (χ0v) is 21.7. The number of amides is 2. The molecule has 1 aliphatic carbocycles. The van der Waals surface area contributed by atoms with Crippen molar-refractivity contribution in [3.63, 3.8) is 0 Å². The van der Waals surface area contributed by atoms with E-state index in [4.69, 9.17) is 27.9 Å². The number of anilines is 2. The third kappa shape index (κ3) is 4.28. The third-order valence-corrected chi connectivity index (χ3v) is 7.60. The molecule has 1 saturated heterocycles. The number of hydrogen-bond donors (Lipinski definition) is 3. The second-order valence-corrected chi connectivity index (χ2v) is 10.0. The summed E-state index contributed by atoms with van der Waals surface area (Å²) in [5.74, 6) is -7.93. The van der Waals surface area contributed by atoms with Gasteiger partial charge < -0.3 is 20.5 Å². The average molecular weight is 567 g/mol. The van der Waals surface area contributed by atoms with Gasteiger partial charge in [-0.2, -0.15) is 0 Å². The summed E-state index contributed by atoms with van der Waals surface area (Å²) < 4.78 is 6.13. The number of ether oxygens (including phenoxy) is 1. The van der Waals surface area contributed by atoms with Gasteiger partial charge in [0, 0.05) is 18.1 Å². The minimum atomic E-state index is -2.48. The number of halogens is 2. The first-order valence-corrected chi connectivity index (χ1v) is 12.5. The molecule has 0 saturated carbocycles. The van der Waals surface area contributed by atoms with Crippen molar-refractivity contribution >= 4 is 63.9 Å². The fourth-order valence-corrected chi connectivity index (χ4v) is 5.54. The van der Waals surface area contributed by atoms with Crippen LogP contribution in [0.3, 0.4) is 0 Å². The molecule has 2 amide bonds. The van der Waals surface area contributed by atoms with Gasteiger partial charge >= 0.3 is 5.97 Å². The first-order valence-electron chi connectivity index (χ1n) is 11.8. The Hall–Kier alpha value is -4.05. The number of hydrogen-bond acceptors (Lipinski definition) is 6. The number of Topliss-reactive ketones (excluding diaryl/α,β-unsaturated/α-hetero) is 2. The first-order chi connectivity index (χ1) is 18.6. The fourth-order valence-electron chi connectivity index (χ4n) is 5.23. The van der Waals surface area contributed by atoms with Gasteiger partial charge in [0.15, 0.2) is 0 Å².